The van der Waals surface area contributed by atoms with Gasteiger partial charge >= 0.3 is 5.97 Å². The average molecular weight is 152 g/mol. The van der Waals surface area contributed by atoms with Crippen molar-refractivity contribution in [2.45, 2.75) is 0 Å². The Hall–Kier alpha value is -1.51. The van der Waals surface area contributed by atoms with Gasteiger partial charge < -0.3 is 9.15 Å². The Kier molecular flexibility index (Phi) is 2.49. The Bertz CT molecular complexity index is 236. The van der Waals surface area contributed by atoms with E-state index in [1.165, 1.54) is 12.3 Å². The molecule has 1 rings (SSSR count). The molecule has 0 unspecified atom stereocenters. The van der Waals surface area contributed by atoms with E-state index >= 15 is 0 Å². The molecule has 0 N–H and O–H groups in total. The molecule has 0 aliphatic heterocycles. The van der Waals surface area contributed by atoms with Crippen LogP contribution < -0.4 is 0 Å². The summed E-state index contributed by atoms with van der Waals surface area (Å²) in [7, 11) is 0. The van der Waals surface area contributed by atoms with Crippen LogP contribution in [0.1, 0.15) is 10.6 Å². The molecular weight excluding hydrogens is 144 g/mol. The summed E-state index contributed by atoms with van der Waals surface area (Å²) in [4.78, 5) is 10.9. The number of ether oxygens (including phenoxy) is 1. The number of carbonyl (C=O) groups excluding carboxylic acids is 1. The molecule has 0 aliphatic rings. The lowest BCUT2D eigenvalue weighted by molar-refractivity contribution is 0.0513. The Morgan fingerprint density at radius 3 is 3.18 bits per heavy atom. The van der Waals surface area contributed by atoms with Crippen LogP contribution in [-0.2, 0) is 4.74 Å². The van der Waals surface area contributed by atoms with Crippen LogP contribution in [0.4, 0.5) is 0 Å². The molecule has 0 saturated carbocycles. The Morgan fingerprint density at radius 1 is 1.82 bits per heavy atom. The van der Waals surface area contributed by atoms with Crippen molar-refractivity contribution in [2.75, 3.05) is 6.61 Å². The minimum absolute atomic E-state index is 0.208. The van der Waals surface area contributed by atoms with Gasteiger partial charge in [0, 0.05) is 0 Å². The number of esters is 1. The summed E-state index contributed by atoms with van der Waals surface area (Å²) in [6.07, 6.45) is 2.92. The van der Waals surface area contributed by atoms with Gasteiger partial charge in [-0.3, -0.25) is 0 Å². The van der Waals surface area contributed by atoms with E-state index in [1.54, 1.807) is 12.1 Å². The summed E-state index contributed by atoms with van der Waals surface area (Å²) in [6, 6.07) is 3.18. The fourth-order valence-electron chi connectivity index (χ4n) is 0.600. The molecule has 58 valence electrons. The van der Waals surface area contributed by atoms with Crippen molar-refractivity contribution in [3.05, 3.63) is 36.8 Å². The summed E-state index contributed by atoms with van der Waals surface area (Å²) in [6.45, 7) is 3.61. The highest BCUT2D eigenvalue weighted by Gasteiger charge is 2.07. The van der Waals surface area contributed by atoms with Gasteiger partial charge in [0.05, 0.1) is 6.26 Å². The van der Waals surface area contributed by atoms with Gasteiger partial charge in [0.15, 0.2) is 0 Å². The third-order valence-corrected chi connectivity index (χ3v) is 1.05. The van der Waals surface area contributed by atoms with E-state index in [0.29, 0.717) is 0 Å². The first kappa shape index (κ1) is 7.60. The van der Waals surface area contributed by atoms with E-state index in [0.717, 1.165) is 0 Å². The zero-order valence-corrected chi connectivity index (χ0v) is 5.95. The quantitative estimate of drug-likeness (QED) is 0.488. The predicted molar refractivity (Wildman–Crippen MR) is 39.2 cm³/mol. The van der Waals surface area contributed by atoms with Crippen molar-refractivity contribution >= 4 is 5.97 Å². The summed E-state index contributed by atoms with van der Waals surface area (Å²) < 4.78 is 9.47. The minimum atomic E-state index is -0.463. The third kappa shape index (κ3) is 1.97. The molecule has 0 atom stereocenters. The van der Waals surface area contributed by atoms with Crippen molar-refractivity contribution in [3.8, 4) is 0 Å². The van der Waals surface area contributed by atoms with Gasteiger partial charge in [0.2, 0.25) is 5.76 Å². The average Bonchev–Trinajstić information content (AvgIpc) is 2.52. The fourth-order valence-corrected chi connectivity index (χ4v) is 0.600. The molecule has 11 heavy (non-hydrogen) atoms. The van der Waals surface area contributed by atoms with Crippen molar-refractivity contribution in [3.63, 3.8) is 0 Å². The highest BCUT2D eigenvalue weighted by Crippen LogP contribution is 2.01. The normalized spacial score (nSPS) is 9.09. The van der Waals surface area contributed by atoms with Crippen molar-refractivity contribution in [1.29, 1.82) is 0 Å². The largest absolute Gasteiger partial charge is 0.457 e. The van der Waals surface area contributed by atoms with Crippen LogP contribution in [0.15, 0.2) is 35.5 Å². The number of furan rings is 1. The third-order valence-electron chi connectivity index (χ3n) is 1.05. The zero-order valence-electron chi connectivity index (χ0n) is 5.95. The molecule has 0 spiro atoms. The molecular formula is C8H8O3. The fraction of sp³-hybridized carbons (Fsp3) is 0.125. The monoisotopic (exact) mass is 152 g/mol. The predicted octanol–water partition coefficient (Wildman–Crippen LogP) is 1.62. The molecule has 0 bridgehead atoms. The van der Waals surface area contributed by atoms with Crippen LogP contribution in [0.2, 0.25) is 0 Å². The zero-order chi connectivity index (χ0) is 8.10. The van der Waals surface area contributed by atoms with Crippen LogP contribution in [0.5, 0.6) is 0 Å². The first-order valence-electron chi connectivity index (χ1n) is 3.16. The summed E-state index contributed by atoms with van der Waals surface area (Å²) >= 11 is 0. The van der Waals surface area contributed by atoms with E-state index in [2.05, 4.69) is 11.3 Å². The molecule has 1 aromatic heterocycles. The SMILES string of the molecule is C=CCOC(=O)c1ccco1. The maximum Gasteiger partial charge on any atom is 0.374 e. The van der Waals surface area contributed by atoms with E-state index in [1.807, 2.05) is 0 Å². The number of hydrogen-bond acceptors (Lipinski definition) is 3. The van der Waals surface area contributed by atoms with Crippen molar-refractivity contribution < 1.29 is 13.9 Å². The van der Waals surface area contributed by atoms with E-state index in [-0.39, 0.29) is 12.4 Å². The maximum atomic E-state index is 10.9. The van der Waals surface area contributed by atoms with E-state index in [4.69, 9.17) is 4.42 Å². The molecule has 0 radical (unpaired) electrons. The van der Waals surface area contributed by atoms with Crippen LogP contribution in [0.3, 0.4) is 0 Å². The lowest BCUT2D eigenvalue weighted by atomic mass is 10.5. The van der Waals surface area contributed by atoms with Gasteiger partial charge in [-0.2, -0.15) is 0 Å². The molecule has 0 aliphatic carbocycles. The second-order valence-corrected chi connectivity index (χ2v) is 1.86. The molecule has 3 heteroatoms. The number of carbonyl (C=O) groups is 1. The molecule has 0 saturated heterocycles. The summed E-state index contributed by atoms with van der Waals surface area (Å²) in [5.41, 5.74) is 0. The van der Waals surface area contributed by atoms with Crippen molar-refractivity contribution in [2.24, 2.45) is 0 Å². The number of hydrogen-bond donors (Lipinski definition) is 0. The van der Waals surface area contributed by atoms with E-state index in [9.17, 15) is 4.79 Å². The topological polar surface area (TPSA) is 39.4 Å². The van der Waals surface area contributed by atoms with Gasteiger partial charge in [0.1, 0.15) is 6.61 Å². The summed E-state index contributed by atoms with van der Waals surface area (Å²) in [5, 5.41) is 0. The van der Waals surface area contributed by atoms with Crippen LogP contribution in [-0.4, -0.2) is 12.6 Å². The maximum absolute atomic E-state index is 10.9. The van der Waals surface area contributed by atoms with Gasteiger partial charge in [-0.05, 0) is 12.1 Å². The molecule has 1 aromatic rings. The van der Waals surface area contributed by atoms with Crippen LogP contribution in [0, 0.1) is 0 Å². The minimum Gasteiger partial charge on any atom is -0.457 e. The van der Waals surface area contributed by atoms with Crippen LogP contribution >= 0.6 is 0 Å². The smallest absolute Gasteiger partial charge is 0.374 e. The molecule has 0 fully saturated rings. The molecule has 0 amide bonds. The Labute approximate surface area is 64.3 Å². The first-order valence-corrected chi connectivity index (χ1v) is 3.16. The van der Waals surface area contributed by atoms with Gasteiger partial charge in [0.25, 0.3) is 0 Å². The molecule has 0 aromatic carbocycles. The standard InChI is InChI=1S/C8H8O3/c1-2-5-11-8(9)7-4-3-6-10-7/h2-4,6H,1,5H2. The first-order chi connectivity index (χ1) is 5.34. The summed E-state index contributed by atoms with van der Waals surface area (Å²) in [5.74, 6) is -0.248. The highest BCUT2D eigenvalue weighted by atomic mass is 16.5. The Balaban J connectivity index is 2.49. The molecule has 1 heterocycles. The van der Waals surface area contributed by atoms with E-state index < -0.39 is 5.97 Å². The van der Waals surface area contributed by atoms with Gasteiger partial charge in [-0.15, -0.1) is 0 Å². The highest BCUT2D eigenvalue weighted by molar-refractivity contribution is 5.86. The van der Waals surface area contributed by atoms with Crippen LogP contribution in [0.25, 0.3) is 0 Å². The second kappa shape index (κ2) is 3.61. The van der Waals surface area contributed by atoms with Crippen molar-refractivity contribution in [1.82, 2.24) is 0 Å². The Morgan fingerprint density at radius 2 is 2.64 bits per heavy atom. The van der Waals surface area contributed by atoms with Gasteiger partial charge in [-0.25, -0.2) is 4.79 Å². The lowest BCUT2D eigenvalue weighted by Gasteiger charge is -1.95. The second-order valence-electron chi connectivity index (χ2n) is 1.86. The molecule has 3 nitrogen and oxygen atoms in total. The number of rotatable bonds is 3. The van der Waals surface area contributed by atoms with Gasteiger partial charge in [-0.1, -0.05) is 12.7 Å². The lowest BCUT2D eigenvalue weighted by Crippen LogP contribution is -2.02.